The summed E-state index contributed by atoms with van der Waals surface area (Å²) in [5, 5.41) is 2.65. The van der Waals surface area contributed by atoms with Crippen LogP contribution in [0.2, 0.25) is 0 Å². The van der Waals surface area contributed by atoms with Crippen molar-refractivity contribution in [2.75, 3.05) is 18.1 Å². The van der Waals surface area contributed by atoms with Gasteiger partial charge in [0.05, 0.1) is 16.7 Å². The molecular weight excluding hydrogens is 404 g/mol. The van der Waals surface area contributed by atoms with Crippen molar-refractivity contribution >= 4 is 34.2 Å². The molecule has 150 valence electrons. The normalized spacial score (nSPS) is 11.6. The van der Waals surface area contributed by atoms with Gasteiger partial charge in [-0.15, -0.1) is 0 Å². The number of rotatable bonds is 7. The molecule has 3 aromatic carbocycles. The molecule has 1 amide bonds. The lowest BCUT2D eigenvalue weighted by Gasteiger charge is -2.28. The molecule has 5 nitrogen and oxygen atoms in total. The van der Waals surface area contributed by atoms with Gasteiger partial charge in [-0.05, 0) is 35.4 Å². The van der Waals surface area contributed by atoms with Crippen molar-refractivity contribution in [3.63, 3.8) is 0 Å². The molecule has 0 bridgehead atoms. The van der Waals surface area contributed by atoms with Gasteiger partial charge in [0.2, 0.25) is 15.9 Å². The first-order chi connectivity index (χ1) is 13.9. The summed E-state index contributed by atoms with van der Waals surface area (Å²) in [6, 6.07) is 24.7. The van der Waals surface area contributed by atoms with E-state index in [2.05, 4.69) is 17.9 Å². The zero-order chi connectivity index (χ0) is 20.9. The van der Waals surface area contributed by atoms with Crippen LogP contribution in [0.5, 0.6) is 0 Å². The van der Waals surface area contributed by atoms with E-state index < -0.39 is 16.1 Å². The van der Waals surface area contributed by atoms with E-state index >= 15 is 0 Å². The Morgan fingerprint density at radius 3 is 1.83 bits per heavy atom. The van der Waals surface area contributed by atoms with Crippen LogP contribution in [-0.2, 0) is 14.8 Å². The van der Waals surface area contributed by atoms with Crippen molar-refractivity contribution in [2.45, 2.75) is 10.9 Å². The van der Waals surface area contributed by atoms with Gasteiger partial charge in [-0.3, -0.25) is 4.79 Å². The van der Waals surface area contributed by atoms with Crippen LogP contribution in [0.4, 0.5) is 5.69 Å². The number of sulfonamides is 1. The molecule has 0 saturated carbocycles. The molecule has 0 fully saturated rings. The maximum absolute atomic E-state index is 13.3. The van der Waals surface area contributed by atoms with E-state index in [1.807, 2.05) is 60.7 Å². The van der Waals surface area contributed by atoms with Gasteiger partial charge in [-0.1, -0.05) is 60.7 Å². The van der Waals surface area contributed by atoms with Crippen molar-refractivity contribution in [1.29, 1.82) is 0 Å². The molecule has 0 saturated heterocycles. The quantitative estimate of drug-likeness (QED) is 0.562. The Bertz CT molecular complexity index is 1010. The number of hydrogen-bond donors (Lipinski definition) is 2. The third-order valence-corrected chi connectivity index (χ3v) is 6.68. The fourth-order valence-electron chi connectivity index (χ4n) is 3.10. The first-order valence-electron chi connectivity index (χ1n) is 9.02. The third-order valence-electron chi connectivity index (χ3n) is 4.55. The minimum absolute atomic E-state index is 0.0542. The van der Waals surface area contributed by atoms with Crippen molar-refractivity contribution in [1.82, 2.24) is 4.31 Å². The SMILES string of the molecule is CN(C(c1ccccc1)c1ccccc1)S(=O)(=O)c1ccc(NC(=O)CS)cc1. The third kappa shape index (κ3) is 4.87. The maximum Gasteiger partial charge on any atom is 0.243 e. The molecule has 3 rings (SSSR count). The second-order valence-corrected chi connectivity index (χ2v) is 8.79. The number of thiol groups is 1. The van der Waals surface area contributed by atoms with Crippen LogP contribution in [-0.4, -0.2) is 31.4 Å². The van der Waals surface area contributed by atoms with Crippen LogP contribution in [0.3, 0.4) is 0 Å². The predicted octanol–water partition coefficient (Wildman–Crippen LogP) is 3.97. The van der Waals surface area contributed by atoms with Gasteiger partial charge in [0.25, 0.3) is 0 Å². The molecular formula is C22H22N2O3S2. The van der Waals surface area contributed by atoms with Crippen molar-refractivity contribution < 1.29 is 13.2 Å². The number of benzene rings is 3. The molecule has 0 aliphatic heterocycles. The van der Waals surface area contributed by atoms with Crippen LogP contribution < -0.4 is 5.32 Å². The molecule has 0 radical (unpaired) electrons. The zero-order valence-electron chi connectivity index (χ0n) is 15.9. The monoisotopic (exact) mass is 426 g/mol. The lowest BCUT2D eigenvalue weighted by atomic mass is 9.99. The fraction of sp³-hybridized carbons (Fsp3) is 0.136. The summed E-state index contributed by atoms with van der Waals surface area (Å²) in [6.45, 7) is 0. The molecule has 3 aromatic rings. The summed E-state index contributed by atoms with van der Waals surface area (Å²) in [6.07, 6.45) is 0. The number of carbonyl (C=O) groups is 1. The number of nitrogens with one attached hydrogen (secondary N) is 1. The second-order valence-electron chi connectivity index (χ2n) is 6.48. The van der Waals surface area contributed by atoms with Gasteiger partial charge in [-0.25, -0.2) is 8.42 Å². The van der Waals surface area contributed by atoms with E-state index in [4.69, 9.17) is 0 Å². The molecule has 1 N–H and O–H groups in total. The van der Waals surface area contributed by atoms with Crippen LogP contribution in [0.15, 0.2) is 89.8 Å². The van der Waals surface area contributed by atoms with Gasteiger partial charge in [0.15, 0.2) is 0 Å². The Balaban J connectivity index is 1.96. The van der Waals surface area contributed by atoms with E-state index in [1.54, 1.807) is 19.2 Å². The first kappa shape index (κ1) is 21.1. The van der Waals surface area contributed by atoms with Crippen molar-refractivity contribution in [2.24, 2.45) is 0 Å². The highest BCUT2D eigenvalue weighted by Gasteiger charge is 2.30. The molecule has 0 spiro atoms. The predicted molar refractivity (Wildman–Crippen MR) is 119 cm³/mol. The Morgan fingerprint density at radius 1 is 0.897 bits per heavy atom. The van der Waals surface area contributed by atoms with Gasteiger partial charge >= 0.3 is 0 Å². The summed E-state index contributed by atoms with van der Waals surface area (Å²) in [4.78, 5) is 11.6. The minimum atomic E-state index is -3.78. The summed E-state index contributed by atoms with van der Waals surface area (Å²) in [7, 11) is -2.20. The fourth-order valence-corrected chi connectivity index (χ4v) is 4.51. The molecule has 0 atom stereocenters. The molecule has 0 heterocycles. The van der Waals surface area contributed by atoms with Crippen molar-refractivity contribution in [3.8, 4) is 0 Å². The topological polar surface area (TPSA) is 66.5 Å². The first-order valence-corrected chi connectivity index (χ1v) is 11.1. The van der Waals surface area contributed by atoms with E-state index in [1.165, 1.54) is 16.4 Å². The zero-order valence-corrected chi connectivity index (χ0v) is 17.6. The van der Waals surface area contributed by atoms with Gasteiger partial charge in [0.1, 0.15) is 0 Å². The number of hydrogen-bond acceptors (Lipinski definition) is 4. The van der Waals surface area contributed by atoms with Crippen LogP contribution in [0, 0.1) is 0 Å². The Labute approximate surface area is 176 Å². The summed E-state index contributed by atoms with van der Waals surface area (Å²) < 4.78 is 28.0. The Hall–Kier alpha value is -2.61. The van der Waals surface area contributed by atoms with Crippen LogP contribution in [0.1, 0.15) is 17.2 Å². The lowest BCUT2D eigenvalue weighted by molar-refractivity contribution is -0.113. The Morgan fingerprint density at radius 2 is 1.38 bits per heavy atom. The molecule has 0 unspecified atom stereocenters. The molecule has 0 aliphatic rings. The molecule has 0 aliphatic carbocycles. The van der Waals surface area contributed by atoms with E-state index in [0.29, 0.717) is 5.69 Å². The number of carbonyl (C=O) groups excluding carboxylic acids is 1. The average Bonchev–Trinajstić information content (AvgIpc) is 2.75. The standard InChI is InChI=1S/C22H22N2O3S2/c1-24(22(17-8-4-2-5-9-17)18-10-6-3-7-11-18)29(26,27)20-14-12-19(13-15-20)23-21(25)16-28/h2-15,22,28H,16H2,1H3,(H,23,25). The van der Waals surface area contributed by atoms with Gasteiger partial charge in [0, 0.05) is 12.7 Å². The van der Waals surface area contributed by atoms with Gasteiger partial charge < -0.3 is 5.32 Å². The van der Waals surface area contributed by atoms with E-state index in [9.17, 15) is 13.2 Å². The molecule has 0 aromatic heterocycles. The van der Waals surface area contributed by atoms with Gasteiger partial charge in [-0.2, -0.15) is 16.9 Å². The van der Waals surface area contributed by atoms with Crippen molar-refractivity contribution in [3.05, 3.63) is 96.1 Å². The number of nitrogens with zero attached hydrogens (tertiary/aromatic N) is 1. The maximum atomic E-state index is 13.3. The minimum Gasteiger partial charge on any atom is -0.325 e. The summed E-state index contributed by atoms with van der Waals surface area (Å²) >= 11 is 3.92. The summed E-state index contributed by atoms with van der Waals surface area (Å²) in [5.41, 5.74) is 2.28. The number of anilines is 1. The highest BCUT2D eigenvalue weighted by molar-refractivity contribution is 7.89. The lowest BCUT2D eigenvalue weighted by Crippen LogP contribution is -2.32. The number of amides is 1. The Kier molecular flexibility index (Phi) is 6.74. The van der Waals surface area contributed by atoms with Crippen LogP contribution in [0.25, 0.3) is 0 Å². The highest BCUT2D eigenvalue weighted by Crippen LogP contribution is 2.32. The van der Waals surface area contributed by atoms with Crippen LogP contribution >= 0.6 is 12.6 Å². The van der Waals surface area contributed by atoms with E-state index in [0.717, 1.165) is 11.1 Å². The smallest absolute Gasteiger partial charge is 0.243 e. The largest absolute Gasteiger partial charge is 0.325 e. The average molecular weight is 427 g/mol. The summed E-state index contributed by atoms with van der Waals surface area (Å²) in [5.74, 6) is -0.201. The molecule has 7 heteroatoms. The highest BCUT2D eigenvalue weighted by atomic mass is 32.2. The second kappa shape index (κ2) is 9.26. The molecule has 29 heavy (non-hydrogen) atoms. The van der Waals surface area contributed by atoms with E-state index in [-0.39, 0.29) is 16.6 Å².